The fourth-order valence-corrected chi connectivity index (χ4v) is 2.05. The number of amidine groups is 1. The molecule has 0 aromatic carbocycles. The quantitative estimate of drug-likeness (QED) is 0.293. The predicted molar refractivity (Wildman–Crippen MR) is 78.2 cm³/mol. The van der Waals surface area contributed by atoms with Crippen molar-refractivity contribution in [1.82, 2.24) is 4.90 Å². The SMILES string of the molecule is CCCCN(C(=O)C(CCC)C(N)=NO)C(C)CC. The van der Waals surface area contributed by atoms with Gasteiger partial charge in [0.05, 0.1) is 5.92 Å². The van der Waals surface area contributed by atoms with E-state index in [-0.39, 0.29) is 17.8 Å². The van der Waals surface area contributed by atoms with E-state index < -0.39 is 5.92 Å². The van der Waals surface area contributed by atoms with Crippen LogP contribution in [0.15, 0.2) is 5.16 Å². The van der Waals surface area contributed by atoms with E-state index in [1.165, 1.54) is 0 Å². The molecule has 0 saturated carbocycles. The summed E-state index contributed by atoms with van der Waals surface area (Å²) in [6, 6.07) is 0.185. The maximum Gasteiger partial charge on any atom is 0.233 e. The van der Waals surface area contributed by atoms with Crippen LogP contribution >= 0.6 is 0 Å². The van der Waals surface area contributed by atoms with Crippen LogP contribution in [-0.4, -0.2) is 34.4 Å². The molecule has 2 atom stereocenters. The lowest BCUT2D eigenvalue weighted by atomic mass is 9.99. The molecule has 0 radical (unpaired) electrons. The number of carbonyl (C=O) groups excluding carboxylic acids is 1. The van der Waals surface area contributed by atoms with Gasteiger partial charge in [0.1, 0.15) is 0 Å². The molecule has 5 nitrogen and oxygen atoms in total. The number of carbonyl (C=O) groups is 1. The number of amides is 1. The van der Waals surface area contributed by atoms with E-state index in [9.17, 15) is 4.79 Å². The number of unbranched alkanes of at least 4 members (excludes halogenated alkanes) is 1. The van der Waals surface area contributed by atoms with Crippen molar-refractivity contribution in [3.63, 3.8) is 0 Å². The van der Waals surface area contributed by atoms with Crippen LogP contribution in [0.3, 0.4) is 0 Å². The predicted octanol–water partition coefficient (Wildman–Crippen LogP) is 2.58. The van der Waals surface area contributed by atoms with E-state index in [4.69, 9.17) is 10.9 Å². The highest BCUT2D eigenvalue weighted by Crippen LogP contribution is 2.16. The summed E-state index contributed by atoms with van der Waals surface area (Å²) in [5.41, 5.74) is 5.66. The van der Waals surface area contributed by atoms with Crippen LogP contribution in [0.5, 0.6) is 0 Å². The van der Waals surface area contributed by atoms with Crippen LogP contribution in [0, 0.1) is 5.92 Å². The third kappa shape index (κ3) is 5.49. The average molecular weight is 271 g/mol. The normalized spacial score (nSPS) is 15.1. The second kappa shape index (κ2) is 9.64. The monoisotopic (exact) mass is 271 g/mol. The van der Waals surface area contributed by atoms with E-state index in [0.717, 1.165) is 32.2 Å². The van der Waals surface area contributed by atoms with Gasteiger partial charge in [0, 0.05) is 12.6 Å². The Kier molecular flexibility index (Phi) is 9.00. The van der Waals surface area contributed by atoms with Crippen molar-refractivity contribution in [2.45, 2.75) is 65.8 Å². The van der Waals surface area contributed by atoms with Crippen LogP contribution in [0.1, 0.15) is 59.8 Å². The van der Waals surface area contributed by atoms with Crippen molar-refractivity contribution in [3.05, 3.63) is 0 Å². The summed E-state index contributed by atoms with van der Waals surface area (Å²) < 4.78 is 0. The minimum absolute atomic E-state index is 0.0139. The van der Waals surface area contributed by atoms with Gasteiger partial charge in [-0.15, -0.1) is 0 Å². The fourth-order valence-electron chi connectivity index (χ4n) is 2.05. The molecule has 19 heavy (non-hydrogen) atoms. The molecule has 0 aliphatic heterocycles. The molecule has 3 N–H and O–H groups in total. The molecule has 0 aromatic rings. The minimum atomic E-state index is -0.499. The molecule has 0 fully saturated rings. The molecule has 0 saturated heterocycles. The zero-order valence-corrected chi connectivity index (χ0v) is 12.7. The highest BCUT2D eigenvalue weighted by atomic mass is 16.4. The van der Waals surface area contributed by atoms with Crippen molar-refractivity contribution >= 4 is 11.7 Å². The lowest BCUT2D eigenvalue weighted by Gasteiger charge is -2.31. The van der Waals surface area contributed by atoms with E-state index in [2.05, 4.69) is 19.0 Å². The van der Waals surface area contributed by atoms with E-state index in [1.54, 1.807) is 0 Å². The summed E-state index contributed by atoms with van der Waals surface area (Å²) in [6.07, 6.45) is 4.38. The lowest BCUT2D eigenvalue weighted by molar-refractivity contribution is -0.135. The van der Waals surface area contributed by atoms with Gasteiger partial charge in [0.25, 0.3) is 0 Å². The van der Waals surface area contributed by atoms with E-state index in [1.807, 2.05) is 18.7 Å². The summed E-state index contributed by atoms with van der Waals surface area (Å²) >= 11 is 0. The maximum atomic E-state index is 12.6. The summed E-state index contributed by atoms with van der Waals surface area (Å²) in [7, 11) is 0. The van der Waals surface area contributed by atoms with Crippen molar-refractivity contribution in [3.8, 4) is 0 Å². The summed E-state index contributed by atoms with van der Waals surface area (Å²) in [6.45, 7) is 8.94. The Morgan fingerprint density at radius 3 is 2.37 bits per heavy atom. The number of hydrogen-bond donors (Lipinski definition) is 2. The van der Waals surface area contributed by atoms with Gasteiger partial charge in [-0.1, -0.05) is 38.8 Å². The fraction of sp³-hybridized carbons (Fsp3) is 0.857. The van der Waals surface area contributed by atoms with Gasteiger partial charge in [-0.05, 0) is 26.2 Å². The Balaban J connectivity index is 5.00. The summed E-state index contributed by atoms with van der Waals surface area (Å²) in [5, 5.41) is 11.8. The standard InChI is InChI=1S/C14H29N3O2/c1-5-8-10-17(11(4)7-3)14(18)12(9-6-2)13(15)16-19/h11-12,19H,5-10H2,1-4H3,(H2,15,16). The maximum absolute atomic E-state index is 12.6. The second-order valence-corrected chi connectivity index (χ2v) is 5.01. The van der Waals surface area contributed by atoms with Crippen LogP contribution < -0.4 is 5.73 Å². The molecule has 0 aliphatic carbocycles. The molecule has 0 heterocycles. The van der Waals surface area contributed by atoms with Crippen LogP contribution in [-0.2, 0) is 4.79 Å². The summed E-state index contributed by atoms with van der Waals surface area (Å²) in [5.74, 6) is -0.488. The second-order valence-electron chi connectivity index (χ2n) is 5.01. The number of rotatable bonds is 9. The minimum Gasteiger partial charge on any atom is -0.409 e. The van der Waals surface area contributed by atoms with Gasteiger partial charge in [0.2, 0.25) is 5.91 Å². The van der Waals surface area contributed by atoms with Gasteiger partial charge in [0.15, 0.2) is 5.84 Å². The summed E-state index contributed by atoms with van der Waals surface area (Å²) in [4.78, 5) is 14.5. The number of nitrogens with zero attached hydrogens (tertiary/aromatic N) is 2. The first-order valence-electron chi connectivity index (χ1n) is 7.31. The molecular weight excluding hydrogens is 242 g/mol. The average Bonchev–Trinajstić information content (AvgIpc) is 2.43. The van der Waals surface area contributed by atoms with Gasteiger partial charge in [-0.2, -0.15) is 0 Å². The van der Waals surface area contributed by atoms with Crippen molar-refractivity contribution < 1.29 is 10.0 Å². The van der Waals surface area contributed by atoms with Crippen LogP contribution in [0.25, 0.3) is 0 Å². The molecule has 0 aliphatic rings. The van der Waals surface area contributed by atoms with Crippen molar-refractivity contribution in [1.29, 1.82) is 0 Å². The zero-order valence-electron chi connectivity index (χ0n) is 12.7. The molecular formula is C14H29N3O2. The van der Waals surface area contributed by atoms with E-state index >= 15 is 0 Å². The number of hydrogen-bond acceptors (Lipinski definition) is 3. The first-order chi connectivity index (χ1) is 9.03. The Labute approximate surface area is 116 Å². The topological polar surface area (TPSA) is 78.9 Å². The van der Waals surface area contributed by atoms with Gasteiger partial charge in [-0.3, -0.25) is 4.79 Å². The van der Waals surface area contributed by atoms with Gasteiger partial charge in [-0.25, -0.2) is 0 Å². The first-order valence-corrected chi connectivity index (χ1v) is 7.31. The molecule has 2 unspecified atom stereocenters. The Hall–Kier alpha value is -1.26. The molecule has 0 bridgehead atoms. The Morgan fingerprint density at radius 1 is 1.32 bits per heavy atom. The van der Waals surface area contributed by atoms with Crippen LogP contribution in [0.2, 0.25) is 0 Å². The van der Waals surface area contributed by atoms with Gasteiger partial charge >= 0.3 is 0 Å². The molecule has 0 aromatic heterocycles. The third-order valence-corrected chi connectivity index (χ3v) is 3.51. The highest BCUT2D eigenvalue weighted by molar-refractivity contribution is 6.02. The molecule has 112 valence electrons. The first kappa shape index (κ1) is 17.7. The van der Waals surface area contributed by atoms with Crippen LogP contribution in [0.4, 0.5) is 0 Å². The lowest BCUT2D eigenvalue weighted by Crippen LogP contribution is -2.46. The largest absolute Gasteiger partial charge is 0.409 e. The molecule has 1 amide bonds. The third-order valence-electron chi connectivity index (χ3n) is 3.51. The van der Waals surface area contributed by atoms with Gasteiger partial charge < -0.3 is 15.8 Å². The molecule has 0 spiro atoms. The Morgan fingerprint density at radius 2 is 1.95 bits per heavy atom. The molecule has 5 heteroatoms. The zero-order chi connectivity index (χ0) is 14.8. The Bertz CT molecular complexity index is 292. The highest BCUT2D eigenvalue weighted by Gasteiger charge is 2.29. The number of nitrogens with two attached hydrogens (primary N) is 1. The molecule has 0 rings (SSSR count). The smallest absolute Gasteiger partial charge is 0.233 e. The van der Waals surface area contributed by atoms with Crippen molar-refractivity contribution in [2.75, 3.05) is 6.54 Å². The van der Waals surface area contributed by atoms with Crippen molar-refractivity contribution in [2.24, 2.45) is 16.8 Å². The van der Waals surface area contributed by atoms with E-state index in [0.29, 0.717) is 6.42 Å². The number of oxime groups is 1.